The molecule has 128 valence electrons. The first-order chi connectivity index (χ1) is 10.8. The molecule has 0 spiro atoms. The summed E-state index contributed by atoms with van der Waals surface area (Å²) in [7, 11) is 0. The predicted octanol–water partition coefficient (Wildman–Crippen LogP) is 1.82. The van der Waals surface area contributed by atoms with Crippen molar-refractivity contribution in [3.63, 3.8) is 0 Å². The van der Waals surface area contributed by atoms with Crippen molar-refractivity contribution in [2.75, 3.05) is 0 Å². The highest BCUT2D eigenvalue weighted by molar-refractivity contribution is 5.88. The molecule has 0 radical (unpaired) electrons. The Balaban J connectivity index is 1.77. The van der Waals surface area contributed by atoms with Crippen LogP contribution in [-0.4, -0.2) is 39.4 Å². The first kappa shape index (κ1) is 15.8. The van der Waals surface area contributed by atoms with Crippen LogP contribution < -0.4 is 0 Å². The van der Waals surface area contributed by atoms with Crippen LogP contribution >= 0.6 is 0 Å². The van der Waals surface area contributed by atoms with E-state index in [0.717, 1.165) is 25.7 Å². The minimum absolute atomic E-state index is 0.00415. The summed E-state index contributed by atoms with van der Waals surface area (Å²) in [6.45, 7) is 4.26. The standard InChI is InChI=1S/C19H28O4/c1-18-5-3-11(20)7-10(18)8-13(21)16-12(18)4-6-19(2)15(23)9-14(22)17(16)19/h8,11-14,16-17,20-22H,3-7,9H2,1-2H3/t11-,12-,13+,14-,16-,17-,18-,19+/m0/s1. The highest BCUT2D eigenvalue weighted by Gasteiger charge is 2.63. The third-order valence-electron chi connectivity index (χ3n) is 7.81. The van der Waals surface area contributed by atoms with Gasteiger partial charge in [0.2, 0.25) is 0 Å². The van der Waals surface area contributed by atoms with Crippen molar-refractivity contribution in [3.8, 4) is 0 Å². The van der Waals surface area contributed by atoms with E-state index in [4.69, 9.17) is 0 Å². The van der Waals surface area contributed by atoms with E-state index in [1.165, 1.54) is 5.57 Å². The van der Waals surface area contributed by atoms with Crippen LogP contribution in [0, 0.1) is 28.6 Å². The number of hydrogen-bond donors (Lipinski definition) is 3. The molecule has 4 nitrogen and oxygen atoms in total. The van der Waals surface area contributed by atoms with E-state index in [-0.39, 0.29) is 35.6 Å². The number of aliphatic hydroxyl groups excluding tert-OH is 3. The van der Waals surface area contributed by atoms with Gasteiger partial charge in [0.15, 0.2) is 0 Å². The Bertz CT molecular complexity index is 570. The Kier molecular flexibility index (Phi) is 3.37. The lowest BCUT2D eigenvalue weighted by Gasteiger charge is -2.58. The maximum Gasteiger partial charge on any atom is 0.141 e. The zero-order chi connectivity index (χ0) is 16.6. The van der Waals surface area contributed by atoms with Gasteiger partial charge in [-0.3, -0.25) is 4.79 Å². The maximum absolute atomic E-state index is 12.4. The molecule has 0 saturated heterocycles. The van der Waals surface area contributed by atoms with E-state index in [2.05, 4.69) is 6.92 Å². The van der Waals surface area contributed by atoms with Gasteiger partial charge in [-0.25, -0.2) is 0 Å². The second-order valence-corrected chi connectivity index (χ2v) is 8.86. The Morgan fingerprint density at radius 3 is 2.48 bits per heavy atom. The fourth-order valence-corrected chi connectivity index (χ4v) is 6.46. The van der Waals surface area contributed by atoms with Gasteiger partial charge < -0.3 is 15.3 Å². The summed E-state index contributed by atoms with van der Waals surface area (Å²) in [5, 5.41) is 31.4. The van der Waals surface area contributed by atoms with Gasteiger partial charge in [0, 0.05) is 17.8 Å². The van der Waals surface area contributed by atoms with E-state index in [1.54, 1.807) is 0 Å². The first-order valence-electron chi connectivity index (χ1n) is 9.06. The number of Topliss-reactive ketones (excluding diaryl/α,β-unsaturated/α-hetero) is 1. The van der Waals surface area contributed by atoms with Gasteiger partial charge >= 0.3 is 0 Å². The quantitative estimate of drug-likeness (QED) is 0.595. The molecule has 0 aromatic carbocycles. The van der Waals surface area contributed by atoms with E-state index in [0.29, 0.717) is 12.3 Å². The van der Waals surface area contributed by atoms with E-state index in [1.807, 2.05) is 13.0 Å². The molecule has 0 heterocycles. The Morgan fingerprint density at radius 2 is 1.74 bits per heavy atom. The van der Waals surface area contributed by atoms with Crippen LogP contribution in [0.2, 0.25) is 0 Å². The molecule has 0 unspecified atom stereocenters. The van der Waals surface area contributed by atoms with Gasteiger partial charge in [-0.05, 0) is 49.4 Å². The monoisotopic (exact) mass is 320 g/mol. The number of rotatable bonds is 0. The summed E-state index contributed by atoms with van der Waals surface area (Å²) < 4.78 is 0. The van der Waals surface area contributed by atoms with Crippen LogP contribution in [0.3, 0.4) is 0 Å². The first-order valence-corrected chi connectivity index (χ1v) is 9.06. The maximum atomic E-state index is 12.4. The van der Waals surface area contributed by atoms with Crippen molar-refractivity contribution in [2.45, 2.75) is 70.7 Å². The second kappa shape index (κ2) is 4.90. The third-order valence-corrected chi connectivity index (χ3v) is 7.81. The minimum Gasteiger partial charge on any atom is -0.393 e. The molecule has 4 rings (SSSR count). The summed E-state index contributed by atoms with van der Waals surface area (Å²) in [6, 6.07) is 0. The molecule has 0 aliphatic heterocycles. The van der Waals surface area contributed by atoms with Crippen LogP contribution in [-0.2, 0) is 4.79 Å². The zero-order valence-corrected chi connectivity index (χ0v) is 14.0. The lowest BCUT2D eigenvalue weighted by atomic mass is 9.47. The molecule has 0 aromatic heterocycles. The van der Waals surface area contributed by atoms with Gasteiger partial charge in [0.1, 0.15) is 5.78 Å². The van der Waals surface area contributed by atoms with Gasteiger partial charge in [-0.2, -0.15) is 0 Å². The summed E-state index contributed by atoms with van der Waals surface area (Å²) in [4.78, 5) is 12.4. The average Bonchev–Trinajstić information content (AvgIpc) is 2.71. The van der Waals surface area contributed by atoms with Crippen LogP contribution in [0.1, 0.15) is 52.4 Å². The summed E-state index contributed by atoms with van der Waals surface area (Å²) in [5.74, 6) is 0.285. The van der Waals surface area contributed by atoms with E-state index >= 15 is 0 Å². The lowest BCUT2D eigenvalue weighted by Crippen LogP contribution is -2.56. The van der Waals surface area contributed by atoms with Gasteiger partial charge in [0.05, 0.1) is 18.3 Å². The topological polar surface area (TPSA) is 77.8 Å². The zero-order valence-electron chi connectivity index (χ0n) is 14.0. The Hall–Kier alpha value is -0.710. The fourth-order valence-electron chi connectivity index (χ4n) is 6.46. The summed E-state index contributed by atoms with van der Waals surface area (Å²) >= 11 is 0. The molecule has 8 atom stereocenters. The van der Waals surface area contributed by atoms with Crippen LogP contribution in [0.15, 0.2) is 11.6 Å². The van der Waals surface area contributed by atoms with Crippen LogP contribution in [0.25, 0.3) is 0 Å². The second-order valence-electron chi connectivity index (χ2n) is 8.86. The summed E-state index contributed by atoms with van der Waals surface area (Å²) in [6.07, 6.45) is 4.77. The van der Waals surface area contributed by atoms with Crippen LogP contribution in [0.5, 0.6) is 0 Å². The number of carbonyl (C=O) groups is 1. The molecule has 4 aliphatic rings. The van der Waals surface area contributed by atoms with Gasteiger partial charge in [0.25, 0.3) is 0 Å². The number of hydrogen-bond acceptors (Lipinski definition) is 4. The van der Waals surface area contributed by atoms with Crippen molar-refractivity contribution >= 4 is 5.78 Å². The highest BCUT2D eigenvalue weighted by Crippen LogP contribution is 2.63. The van der Waals surface area contributed by atoms with Crippen molar-refractivity contribution in [1.82, 2.24) is 0 Å². The SMILES string of the molecule is C[C@]12CC[C@H](O)CC1=C[C@@H](O)[C@H]1[C@@H]3[C@@H](O)CC(=O)[C@@]3(C)CC[C@@H]12. The molecular weight excluding hydrogens is 292 g/mol. The van der Waals surface area contributed by atoms with E-state index < -0.39 is 17.6 Å². The number of carbonyl (C=O) groups excluding carboxylic acids is 1. The Morgan fingerprint density at radius 1 is 1.04 bits per heavy atom. The number of ketones is 1. The van der Waals surface area contributed by atoms with Crippen LogP contribution in [0.4, 0.5) is 0 Å². The number of fused-ring (bicyclic) bond motifs is 5. The average molecular weight is 320 g/mol. The van der Waals surface area contributed by atoms with E-state index in [9.17, 15) is 20.1 Å². The molecule has 23 heavy (non-hydrogen) atoms. The largest absolute Gasteiger partial charge is 0.393 e. The molecule has 3 saturated carbocycles. The number of aliphatic hydroxyl groups is 3. The normalized spacial score (nSPS) is 55.7. The molecule has 3 N–H and O–H groups in total. The highest BCUT2D eigenvalue weighted by atomic mass is 16.3. The van der Waals surface area contributed by atoms with Crippen molar-refractivity contribution < 1.29 is 20.1 Å². The lowest BCUT2D eigenvalue weighted by molar-refractivity contribution is -0.138. The van der Waals surface area contributed by atoms with Crippen molar-refractivity contribution in [3.05, 3.63) is 11.6 Å². The van der Waals surface area contributed by atoms with Crippen molar-refractivity contribution in [1.29, 1.82) is 0 Å². The smallest absolute Gasteiger partial charge is 0.141 e. The van der Waals surface area contributed by atoms with Gasteiger partial charge in [-0.1, -0.05) is 25.5 Å². The Labute approximate surface area is 137 Å². The molecule has 4 heteroatoms. The molecule has 0 bridgehead atoms. The third kappa shape index (κ3) is 1.98. The molecule has 0 aromatic rings. The molecule has 0 amide bonds. The van der Waals surface area contributed by atoms with Gasteiger partial charge in [-0.15, -0.1) is 0 Å². The predicted molar refractivity (Wildman–Crippen MR) is 85.5 cm³/mol. The molecule has 3 fully saturated rings. The minimum atomic E-state index is -0.623. The summed E-state index contributed by atoms with van der Waals surface area (Å²) in [5.41, 5.74) is 0.709. The fraction of sp³-hybridized carbons (Fsp3) is 0.842. The molecule has 4 aliphatic carbocycles. The molecular formula is C19H28O4. The van der Waals surface area contributed by atoms with Crippen molar-refractivity contribution in [2.24, 2.45) is 28.6 Å².